The third-order valence-corrected chi connectivity index (χ3v) is 5.90. The lowest BCUT2D eigenvalue weighted by molar-refractivity contribution is -0.137. The quantitative estimate of drug-likeness (QED) is 0.348. The largest absolute Gasteiger partial charge is 0.497 e. The van der Waals surface area contributed by atoms with Crippen LogP contribution in [0.5, 0.6) is 5.75 Å². The fourth-order valence-corrected chi connectivity index (χ4v) is 3.86. The first-order valence-corrected chi connectivity index (χ1v) is 11.5. The normalized spacial score (nSPS) is 17.1. The van der Waals surface area contributed by atoms with E-state index in [1.54, 1.807) is 12.1 Å². The molecule has 2 amide bonds. The zero-order chi connectivity index (χ0) is 27.3. The van der Waals surface area contributed by atoms with E-state index in [2.05, 4.69) is 25.9 Å². The Bertz CT molecular complexity index is 1310. The second kappa shape index (κ2) is 10.9. The number of hydrogen-bond acceptors (Lipinski definition) is 8. The molecule has 3 heterocycles. The summed E-state index contributed by atoms with van der Waals surface area (Å²) in [5.74, 6) is -0.897. The molecule has 4 rings (SSSR count). The van der Waals surface area contributed by atoms with Gasteiger partial charge in [0, 0.05) is 25.4 Å². The van der Waals surface area contributed by atoms with E-state index in [1.165, 1.54) is 43.9 Å². The fraction of sp³-hybridized carbons (Fsp3) is 0.280. The highest BCUT2D eigenvalue weighted by Crippen LogP contribution is 2.38. The molecule has 2 aromatic heterocycles. The van der Waals surface area contributed by atoms with Crippen molar-refractivity contribution in [3.63, 3.8) is 0 Å². The summed E-state index contributed by atoms with van der Waals surface area (Å²) in [6, 6.07) is 8.15. The Labute approximate surface area is 215 Å². The molecule has 0 radical (unpaired) electrons. The van der Waals surface area contributed by atoms with E-state index in [0.29, 0.717) is 17.1 Å². The number of amides is 2. The van der Waals surface area contributed by atoms with Gasteiger partial charge in [-0.2, -0.15) is 13.2 Å². The van der Waals surface area contributed by atoms with Crippen LogP contribution in [-0.4, -0.2) is 47.6 Å². The zero-order valence-corrected chi connectivity index (χ0v) is 20.3. The van der Waals surface area contributed by atoms with Crippen molar-refractivity contribution in [3.05, 3.63) is 71.8 Å². The zero-order valence-electron chi connectivity index (χ0n) is 20.3. The predicted molar refractivity (Wildman–Crippen MR) is 132 cm³/mol. The number of alkyl halides is 3. The number of carbonyl (C=O) groups excluding carboxylic acids is 2. The van der Waals surface area contributed by atoms with Crippen LogP contribution in [-0.2, 0) is 22.3 Å². The number of nitrogens with zero attached hydrogens (tertiary/aromatic N) is 2. The van der Waals surface area contributed by atoms with Gasteiger partial charge in [-0.3, -0.25) is 19.6 Å². The topological polar surface area (TPSA) is 140 Å². The molecule has 0 bridgehead atoms. The van der Waals surface area contributed by atoms with Gasteiger partial charge in [-0.1, -0.05) is 0 Å². The predicted octanol–water partition coefficient (Wildman–Crippen LogP) is 3.04. The molecule has 0 aliphatic carbocycles. The van der Waals surface area contributed by atoms with Crippen LogP contribution in [0, 0.1) is 0 Å². The summed E-state index contributed by atoms with van der Waals surface area (Å²) in [5.41, 5.74) is 4.65. The maximum absolute atomic E-state index is 13.5. The van der Waals surface area contributed by atoms with Gasteiger partial charge in [0.25, 0.3) is 5.91 Å². The lowest BCUT2D eigenvalue weighted by Crippen LogP contribution is -2.59. The Balaban J connectivity index is 1.40. The number of methoxy groups -OCH3 is 1. The summed E-state index contributed by atoms with van der Waals surface area (Å²) < 4.78 is 50.7. The molecular formula is C25H25F3N6O4. The second-order valence-electron chi connectivity index (χ2n) is 8.60. The number of pyridine rings is 2. The fourth-order valence-electron chi connectivity index (χ4n) is 3.86. The standard InChI is InChI=1S/C25H25F3N6O4/c1-37-19-4-5-21(20(9-19)25(26,27)28)33-18-3-2-17(31-13-18)12-32-23(36)24(6-7-38-14-24)34-22(35)15-8-16(29)11-30-10-15/h2-5,8-11,13,33H,6-7,12,14,29H2,1H3,(H,32,36)(H,34,35)/t24-/m0/s1. The van der Waals surface area contributed by atoms with Gasteiger partial charge in [-0.15, -0.1) is 0 Å². The van der Waals surface area contributed by atoms with Crippen molar-refractivity contribution in [2.24, 2.45) is 0 Å². The third kappa shape index (κ3) is 6.11. The van der Waals surface area contributed by atoms with Crippen molar-refractivity contribution in [1.29, 1.82) is 0 Å². The SMILES string of the molecule is COc1ccc(Nc2ccc(CNC(=O)[C@]3(NC(=O)c4cncc(N)c4)CCOC3)nc2)c(C(F)(F)F)c1. The molecule has 1 aliphatic rings. The number of hydrogen-bond donors (Lipinski definition) is 4. The van der Waals surface area contributed by atoms with Crippen LogP contribution in [0.4, 0.5) is 30.2 Å². The number of anilines is 3. The van der Waals surface area contributed by atoms with Crippen molar-refractivity contribution in [2.75, 3.05) is 31.4 Å². The molecule has 13 heteroatoms. The number of nitrogens with one attached hydrogen (secondary N) is 3. The van der Waals surface area contributed by atoms with Gasteiger partial charge in [0.15, 0.2) is 0 Å². The van der Waals surface area contributed by atoms with Crippen LogP contribution >= 0.6 is 0 Å². The number of benzene rings is 1. The molecule has 0 unspecified atom stereocenters. The second-order valence-corrected chi connectivity index (χ2v) is 8.60. The summed E-state index contributed by atoms with van der Waals surface area (Å²) in [6.07, 6.45) is -0.226. The average Bonchev–Trinajstić information content (AvgIpc) is 3.37. The van der Waals surface area contributed by atoms with Crippen molar-refractivity contribution in [2.45, 2.75) is 24.7 Å². The molecule has 200 valence electrons. The van der Waals surface area contributed by atoms with Crippen LogP contribution in [0.3, 0.4) is 0 Å². The van der Waals surface area contributed by atoms with E-state index in [4.69, 9.17) is 15.2 Å². The molecular weight excluding hydrogens is 505 g/mol. The molecule has 3 aromatic rings. The first-order valence-electron chi connectivity index (χ1n) is 11.5. The van der Waals surface area contributed by atoms with Gasteiger partial charge in [0.1, 0.15) is 11.3 Å². The minimum absolute atomic E-state index is 0.0139. The molecule has 1 aliphatic heterocycles. The summed E-state index contributed by atoms with van der Waals surface area (Å²) in [7, 11) is 1.29. The average molecular weight is 531 g/mol. The van der Waals surface area contributed by atoms with Gasteiger partial charge in [0.2, 0.25) is 5.91 Å². The number of nitrogen functional groups attached to an aromatic ring is 1. The van der Waals surface area contributed by atoms with Crippen molar-refractivity contribution >= 4 is 28.9 Å². The van der Waals surface area contributed by atoms with E-state index in [0.717, 1.165) is 6.07 Å². The van der Waals surface area contributed by atoms with Crippen molar-refractivity contribution in [1.82, 2.24) is 20.6 Å². The van der Waals surface area contributed by atoms with Gasteiger partial charge in [-0.25, -0.2) is 0 Å². The minimum Gasteiger partial charge on any atom is -0.497 e. The maximum Gasteiger partial charge on any atom is 0.418 e. The van der Waals surface area contributed by atoms with Gasteiger partial charge in [-0.05, 0) is 36.4 Å². The molecule has 1 saturated heterocycles. The third-order valence-electron chi connectivity index (χ3n) is 5.90. The lowest BCUT2D eigenvalue weighted by Gasteiger charge is -2.27. The number of carbonyl (C=O) groups is 2. The summed E-state index contributed by atoms with van der Waals surface area (Å²) >= 11 is 0. The van der Waals surface area contributed by atoms with E-state index >= 15 is 0 Å². The van der Waals surface area contributed by atoms with E-state index in [9.17, 15) is 22.8 Å². The first kappa shape index (κ1) is 26.7. The molecule has 0 saturated carbocycles. The maximum atomic E-state index is 13.5. The highest BCUT2D eigenvalue weighted by atomic mass is 19.4. The van der Waals surface area contributed by atoms with Gasteiger partial charge in [0.05, 0.1) is 60.3 Å². The molecule has 5 N–H and O–H groups in total. The lowest BCUT2D eigenvalue weighted by atomic mass is 9.96. The molecule has 1 atom stereocenters. The van der Waals surface area contributed by atoms with Crippen LogP contribution in [0.15, 0.2) is 55.0 Å². The molecule has 1 aromatic carbocycles. The van der Waals surface area contributed by atoms with E-state index < -0.39 is 29.1 Å². The molecule has 1 fully saturated rings. The van der Waals surface area contributed by atoms with Crippen LogP contribution in [0.2, 0.25) is 0 Å². The summed E-state index contributed by atoms with van der Waals surface area (Å²) in [5, 5.41) is 8.18. The number of aromatic nitrogens is 2. The molecule has 10 nitrogen and oxygen atoms in total. The minimum atomic E-state index is -4.59. The van der Waals surface area contributed by atoms with E-state index in [-0.39, 0.29) is 43.2 Å². The highest BCUT2D eigenvalue weighted by Gasteiger charge is 2.43. The Hall–Kier alpha value is -4.39. The molecule has 0 spiro atoms. The van der Waals surface area contributed by atoms with Crippen molar-refractivity contribution < 1.29 is 32.2 Å². The van der Waals surface area contributed by atoms with Crippen LogP contribution in [0.25, 0.3) is 0 Å². The number of nitrogens with two attached hydrogens (primary N) is 1. The van der Waals surface area contributed by atoms with E-state index in [1.807, 2.05) is 0 Å². The summed E-state index contributed by atoms with van der Waals surface area (Å²) in [4.78, 5) is 33.9. The van der Waals surface area contributed by atoms with Crippen molar-refractivity contribution in [3.8, 4) is 5.75 Å². The number of rotatable bonds is 8. The Morgan fingerprint density at radius 3 is 2.61 bits per heavy atom. The van der Waals surface area contributed by atoms with Gasteiger partial charge < -0.3 is 31.2 Å². The summed E-state index contributed by atoms with van der Waals surface area (Å²) in [6.45, 7) is 0.291. The Morgan fingerprint density at radius 1 is 1.16 bits per heavy atom. The molecule has 38 heavy (non-hydrogen) atoms. The van der Waals surface area contributed by atoms with Gasteiger partial charge >= 0.3 is 6.18 Å². The van der Waals surface area contributed by atoms with Crippen LogP contribution < -0.4 is 26.4 Å². The van der Waals surface area contributed by atoms with Crippen LogP contribution in [0.1, 0.15) is 28.0 Å². The smallest absolute Gasteiger partial charge is 0.418 e. The Morgan fingerprint density at radius 2 is 1.97 bits per heavy atom. The monoisotopic (exact) mass is 530 g/mol. The first-order chi connectivity index (χ1) is 18.1. The highest BCUT2D eigenvalue weighted by molar-refractivity contribution is 5.99. The number of ether oxygens (including phenoxy) is 2. The number of halogens is 3. The Kier molecular flexibility index (Phi) is 7.67.